The molecular formula is C12H14N4O3S. The van der Waals surface area contributed by atoms with Crippen molar-refractivity contribution in [2.45, 2.75) is 18.4 Å². The van der Waals surface area contributed by atoms with Crippen LogP contribution in [0.5, 0.6) is 0 Å². The van der Waals surface area contributed by atoms with Crippen LogP contribution in [0.1, 0.15) is 17.3 Å². The molecule has 8 heteroatoms. The number of carbonyl (C=O) groups is 1. The zero-order chi connectivity index (χ0) is 14.8. The summed E-state index contributed by atoms with van der Waals surface area (Å²) in [5.74, 6) is -0.312. The molecule has 0 unspecified atom stereocenters. The number of carbonyl (C=O) groups excluding carboxylic acids is 1. The Kier molecular flexibility index (Phi) is 3.86. The zero-order valence-electron chi connectivity index (χ0n) is 10.8. The van der Waals surface area contributed by atoms with Crippen LogP contribution < -0.4 is 10.5 Å². The third kappa shape index (κ3) is 3.22. The van der Waals surface area contributed by atoms with E-state index in [0.717, 1.165) is 0 Å². The summed E-state index contributed by atoms with van der Waals surface area (Å²) < 4.78 is 23.8. The number of nitrogens with one attached hydrogen (secondary N) is 1. The van der Waals surface area contributed by atoms with Crippen molar-refractivity contribution in [3.05, 3.63) is 42.2 Å². The van der Waals surface area contributed by atoms with E-state index in [0.29, 0.717) is 17.8 Å². The lowest BCUT2D eigenvalue weighted by atomic mass is 10.3. The number of aryl methyl sites for hydroxylation is 1. The number of primary sulfonamides is 1. The van der Waals surface area contributed by atoms with Crippen molar-refractivity contribution >= 4 is 21.6 Å². The standard InChI is InChI=1S/C12H14N4O3S/c1-2-16-8-9(7-14-16)12(17)15-10-3-5-11(6-4-10)20(13,18)19/h3-8H,2H2,1H3,(H,15,17)(H2,13,18,19). The fraction of sp³-hybridized carbons (Fsp3) is 0.167. The molecule has 7 nitrogen and oxygen atoms in total. The van der Waals surface area contributed by atoms with E-state index in [9.17, 15) is 13.2 Å². The molecule has 2 aromatic rings. The molecule has 20 heavy (non-hydrogen) atoms. The molecule has 1 heterocycles. The quantitative estimate of drug-likeness (QED) is 0.869. The van der Waals surface area contributed by atoms with E-state index in [1.165, 1.54) is 30.5 Å². The predicted molar refractivity (Wildman–Crippen MR) is 73.7 cm³/mol. The predicted octanol–water partition coefficient (Wildman–Crippen LogP) is 0.803. The molecule has 0 aliphatic carbocycles. The smallest absolute Gasteiger partial charge is 0.258 e. The van der Waals surface area contributed by atoms with Crippen LogP contribution in [0.3, 0.4) is 0 Å². The number of sulfonamides is 1. The Bertz CT molecular complexity index is 719. The molecule has 1 aromatic heterocycles. The van der Waals surface area contributed by atoms with Crippen molar-refractivity contribution in [2.24, 2.45) is 5.14 Å². The number of anilines is 1. The van der Waals surface area contributed by atoms with E-state index in [1.807, 2.05) is 6.92 Å². The number of benzene rings is 1. The maximum Gasteiger partial charge on any atom is 0.258 e. The first-order valence-electron chi connectivity index (χ1n) is 5.87. The van der Waals surface area contributed by atoms with Gasteiger partial charge in [0.2, 0.25) is 10.0 Å². The number of amides is 1. The molecule has 1 aromatic carbocycles. The van der Waals surface area contributed by atoms with Gasteiger partial charge in [-0.3, -0.25) is 9.48 Å². The Morgan fingerprint density at radius 3 is 2.50 bits per heavy atom. The third-order valence-electron chi connectivity index (χ3n) is 2.66. The van der Waals surface area contributed by atoms with Gasteiger partial charge in [-0.25, -0.2) is 13.6 Å². The maximum atomic E-state index is 11.9. The molecule has 0 aliphatic rings. The molecule has 106 valence electrons. The largest absolute Gasteiger partial charge is 0.322 e. The van der Waals surface area contributed by atoms with Gasteiger partial charge in [0.15, 0.2) is 0 Å². The van der Waals surface area contributed by atoms with E-state index in [4.69, 9.17) is 5.14 Å². The van der Waals surface area contributed by atoms with Gasteiger partial charge in [-0.1, -0.05) is 0 Å². The van der Waals surface area contributed by atoms with Gasteiger partial charge in [-0.05, 0) is 31.2 Å². The molecule has 0 saturated carbocycles. The van der Waals surface area contributed by atoms with E-state index < -0.39 is 10.0 Å². The van der Waals surface area contributed by atoms with Gasteiger partial charge in [-0.2, -0.15) is 5.10 Å². The Morgan fingerprint density at radius 1 is 1.35 bits per heavy atom. The van der Waals surface area contributed by atoms with Crippen LogP contribution in [0.2, 0.25) is 0 Å². The zero-order valence-corrected chi connectivity index (χ0v) is 11.6. The van der Waals surface area contributed by atoms with Crippen molar-refractivity contribution in [3.63, 3.8) is 0 Å². The number of rotatable bonds is 4. The van der Waals surface area contributed by atoms with Crippen LogP contribution in [0.15, 0.2) is 41.6 Å². The van der Waals surface area contributed by atoms with Crippen LogP contribution >= 0.6 is 0 Å². The molecular weight excluding hydrogens is 280 g/mol. The lowest BCUT2D eigenvalue weighted by Gasteiger charge is -2.04. The molecule has 1 amide bonds. The second-order valence-corrected chi connectivity index (χ2v) is 5.67. The Labute approximate surface area is 116 Å². The SMILES string of the molecule is CCn1cc(C(=O)Nc2ccc(S(N)(=O)=O)cc2)cn1. The number of nitrogens with two attached hydrogens (primary N) is 1. The van der Waals surface area contributed by atoms with E-state index in [2.05, 4.69) is 10.4 Å². The lowest BCUT2D eigenvalue weighted by molar-refractivity contribution is 0.102. The van der Waals surface area contributed by atoms with Crippen molar-refractivity contribution in [1.29, 1.82) is 0 Å². The van der Waals surface area contributed by atoms with Crippen LogP contribution in [0, 0.1) is 0 Å². The molecule has 0 saturated heterocycles. The summed E-state index contributed by atoms with van der Waals surface area (Å²) in [5.41, 5.74) is 0.911. The topological polar surface area (TPSA) is 107 Å². The highest BCUT2D eigenvalue weighted by Gasteiger charge is 2.10. The first-order chi connectivity index (χ1) is 9.40. The minimum absolute atomic E-state index is 0.00528. The average molecular weight is 294 g/mol. The normalized spacial score (nSPS) is 11.3. The first-order valence-corrected chi connectivity index (χ1v) is 7.41. The van der Waals surface area contributed by atoms with Crippen LogP contribution in [-0.2, 0) is 16.6 Å². The van der Waals surface area contributed by atoms with E-state index >= 15 is 0 Å². The first kappa shape index (κ1) is 14.2. The highest BCUT2D eigenvalue weighted by Crippen LogP contribution is 2.13. The fourth-order valence-corrected chi connectivity index (χ4v) is 2.10. The third-order valence-corrected chi connectivity index (χ3v) is 3.59. The second kappa shape index (κ2) is 5.43. The van der Waals surface area contributed by atoms with E-state index in [1.54, 1.807) is 10.9 Å². The van der Waals surface area contributed by atoms with Gasteiger partial charge in [0.1, 0.15) is 0 Å². The monoisotopic (exact) mass is 294 g/mol. The molecule has 2 rings (SSSR count). The molecule has 0 aliphatic heterocycles. The molecule has 3 N–H and O–H groups in total. The van der Waals surface area contributed by atoms with Crippen LogP contribution in [0.25, 0.3) is 0 Å². The number of aromatic nitrogens is 2. The highest BCUT2D eigenvalue weighted by molar-refractivity contribution is 7.89. The van der Waals surface area contributed by atoms with E-state index in [-0.39, 0.29) is 10.8 Å². The van der Waals surface area contributed by atoms with Gasteiger partial charge in [0, 0.05) is 18.4 Å². The molecule has 0 radical (unpaired) electrons. The van der Waals surface area contributed by atoms with Crippen molar-refractivity contribution in [2.75, 3.05) is 5.32 Å². The van der Waals surface area contributed by atoms with Gasteiger partial charge in [-0.15, -0.1) is 0 Å². The number of hydrogen-bond acceptors (Lipinski definition) is 4. The number of nitrogens with zero attached hydrogens (tertiary/aromatic N) is 2. The summed E-state index contributed by atoms with van der Waals surface area (Å²) in [5, 5.41) is 11.6. The summed E-state index contributed by atoms with van der Waals surface area (Å²) in [6.07, 6.45) is 3.10. The number of hydrogen-bond donors (Lipinski definition) is 2. The minimum Gasteiger partial charge on any atom is -0.322 e. The van der Waals surface area contributed by atoms with Gasteiger partial charge >= 0.3 is 0 Å². The van der Waals surface area contributed by atoms with Crippen molar-refractivity contribution in [1.82, 2.24) is 9.78 Å². The Morgan fingerprint density at radius 2 is 2.00 bits per heavy atom. The highest BCUT2D eigenvalue weighted by atomic mass is 32.2. The fourth-order valence-electron chi connectivity index (χ4n) is 1.58. The van der Waals surface area contributed by atoms with Crippen molar-refractivity contribution < 1.29 is 13.2 Å². The molecule has 0 fully saturated rings. The Balaban J connectivity index is 2.12. The average Bonchev–Trinajstić information content (AvgIpc) is 2.87. The van der Waals surface area contributed by atoms with Crippen molar-refractivity contribution in [3.8, 4) is 0 Å². The Hall–Kier alpha value is -2.19. The summed E-state index contributed by atoms with van der Waals surface area (Å²) in [7, 11) is -3.73. The summed E-state index contributed by atoms with van der Waals surface area (Å²) in [4.78, 5) is 11.9. The van der Waals surface area contributed by atoms with Gasteiger partial charge in [0.05, 0.1) is 16.7 Å². The molecule has 0 bridgehead atoms. The molecule has 0 spiro atoms. The maximum absolute atomic E-state index is 11.9. The summed E-state index contributed by atoms with van der Waals surface area (Å²) in [6.45, 7) is 2.59. The van der Waals surface area contributed by atoms with Gasteiger partial charge < -0.3 is 5.32 Å². The lowest BCUT2D eigenvalue weighted by Crippen LogP contribution is -2.13. The summed E-state index contributed by atoms with van der Waals surface area (Å²) in [6, 6.07) is 5.62. The second-order valence-electron chi connectivity index (χ2n) is 4.11. The minimum atomic E-state index is -3.73. The van der Waals surface area contributed by atoms with Crippen LogP contribution in [-0.4, -0.2) is 24.1 Å². The van der Waals surface area contributed by atoms with Gasteiger partial charge in [0.25, 0.3) is 5.91 Å². The van der Waals surface area contributed by atoms with Crippen LogP contribution in [0.4, 0.5) is 5.69 Å². The molecule has 0 atom stereocenters. The summed E-state index contributed by atoms with van der Waals surface area (Å²) >= 11 is 0.